The first kappa shape index (κ1) is 46.4. The van der Waals surface area contributed by atoms with E-state index in [1.165, 1.54) is 10.6 Å². The third kappa shape index (κ3) is 10.1. The highest BCUT2D eigenvalue weighted by molar-refractivity contribution is 7.88. The number of aromatic nitrogens is 6. The van der Waals surface area contributed by atoms with Gasteiger partial charge in [-0.2, -0.15) is 14.5 Å². The molecule has 68 heavy (non-hydrogen) atoms. The molecule has 0 spiro atoms. The number of fused-ring (bicyclic) bond motifs is 2. The minimum Gasteiger partial charge on any atom is -0.495 e. The Morgan fingerprint density at radius 2 is 1.10 bits per heavy atom. The molecule has 4 aromatic heterocycles. The smallest absolute Gasteiger partial charge is 0.240 e. The molecule has 6 aromatic rings. The molecular weight excluding hydrogens is 893 g/mol. The number of sulfonamides is 1. The summed E-state index contributed by atoms with van der Waals surface area (Å²) in [5.74, 6) is 2.76. The van der Waals surface area contributed by atoms with Gasteiger partial charge in [-0.05, 0) is 50.2 Å². The van der Waals surface area contributed by atoms with Crippen LogP contribution in [0.1, 0.15) is 26.7 Å². The van der Waals surface area contributed by atoms with Crippen LogP contribution >= 0.6 is 0 Å². The fourth-order valence-electron chi connectivity index (χ4n) is 9.07. The van der Waals surface area contributed by atoms with Crippen LogP contribution in [0, 0.1) is 11.8 Å². The number of hydrogen-bond acceptors (Lipinski definition) is 15. The van der Waals surface area contributed by atoms with Crippen molar-refractivity contribution < 1.29 is 37.0 Å². The highest BCUT2D eigenvalue weighted by Crippen LogP contribution is 2.37. The van der Waals surface area contributed by atoms with Gasteiger partial charge in [-0.1, -0.05) is 12.1 Å². The summed E-state index contributed by atoms with van der Waals surface area (Å²) < 4.78 is 52.6. The number of carbonyl (C=O) groups excluding carboxylic acids is 2. The number of piperazine rings is 2. The maximum absolute atomic E-state index is 11.9. The summed E-state index contributed by atoms with van der Waals surface area (Å²) in [5, 5.41) is 17.9. The molecule has 4 saturated heterocycles. The monoisotopic (exact) mass is 950 g/mol. The molecule has 0 saturated carbocycles. The van der Waals surface area contributed by atoms with Crippen LogP contribution in [0.5, 0.6) is 23.3 Å². The van der Waals surface area contributed by atoms with Crippen molar-refractivity contribution in [1.82, 2.24) is 49.5 Å². The molecule has 10 rings (SSSR count). The lowest BCUT2D eigenvalue weighted by atomic mass is 10.0. The third-order valence-corrected chi connectivity index (χ3v) is 14.4. The van der Waals surface area contributed by atoms with Crippen molar-refractivity contribution in [1.29, 1.82) is 0 Å². The van der Waals surface area contributed by atoms with E-state index in [0.29, 0.717) is 75.3 Å². The van der Waals surface area contributed by atoms with Crippen molar-refractivity contribution in [2.24, 2.45) is 11.8 Å². The maximum Gasteiger partial charge on any atom is 0.240 e. The Morgan fingerprint density at radius 1 is 0.647 bits per heavy atom. The molecule has 20 nitrogen and oxygen atoms in total. The number of nitrogens with one attached hydrogen (secondary N) is 3. The van der Waals surface area contributed by atoms with Crippen molar-refractivity contribution in [2.45, 2.75) is 38.9 Å². The second-order valence-electron chi connectivity index (χ2n) is 17.5. The normalized spacial score (nSPS) is 19.8. The van der Waals surface area contributed by atoms with E-state index in [4.69, 9.17) is 28.9 Å². The number of carbonyl (C=O) groups is 2. The van der Waals surface area contributed by atoms with Gasteiger partial charge in [0.25, 0.3) is 0 Å². The van der Waals surface area contributed by atoms with E-state index < -0.39 is 10.0 Å². The Labute approximate surface area is 394 Å². The number of amides is 2. The fourth-order valence-corrected chi connectivity index (χ4v) is 9.90. The number of anilines is 2. The quantitative estimate of drug-likeness (QED) is 0.152. The van der Waals surface area contributed by atoms with E-state index in [-0.39, 0.29) is 35.9 Å². The minimum atomic E-state index is -3.20. The summed E-state index contributed by atoms with van der Waals surface area (Å²) in [6.45, 7) is 11.0. The van der Waals surface area contributed by atoms with Crippen molar-refractivity contribution >= 4 is 44.2 Å². The second kappa shape index (κ2) is 19.9. The van der Waals surface area contributed by atoms with Gasteiger partial charge in [0, 0.05) is 101 Å². The average Bonchev–Trinajstić information content (AvgIpc) is 4.20. The summed E-state index contributed by atoms with van der Waals surface area (Å²) in [6.07, 6.45) is 8.96. The first-order valence-corrected chi connectivity index (χ1v) is 24.8. The van der Waals surface area contributed by atoms with Gasteiger partial charge in [-0.25, -0.2) is 27.4 Å². The molecule has 0 unspecified atom stereocenters. The third-order valence-electron chi connectivity index (χ3n) is 13.1. The predicted molar refractivity (Wildman–Crippen MR) is 256 cm³/mol. The number of rotatable bonds is 13. The Bertz CT molecular complexity index is 2900. The molecule has 2 aromatic carbocycles. The topological polar surface area (TPSA) is 211 Å². The van der Waals surface area contributed by atoms with E-state index in [0.717, 1.165) is 71.2 Å². The van der Waals surface area contributed by atoms with E-state index in [1.54, 1.807) is 35.6 Å². The number of ether oxygens (including phenoxy) is 4. The molecule has 0 aliphatic carbocycles. The highest BCUT2D eigenvalue weighted by Gasteiger charge is 2.31. The largest absolute Gasteiger partial charge is 0.495 e. The van der Waals surface area contributed by atoms with Gasteiger partial charge in [-0.3, -0.25) is 9.59 Å². The molecule has 0 radical (unpaired) electrons. The van der Waals surface area contributed by atoms with Gasteiger partial charge in [-0.15, -0.1) is 0 Å². The summed E-state index contributed by atoms with van der Waals surface area (Å²) in [6, 6.07) is 15.7. The van der Waals surface area contributed by atoms with Crippen LogP contribution in [0.2, 0.25) is 0 Å². The van der Waals surface area contributed by atoms with Gasteiger partial charge in [0.05, 0.1) is 68.0 Å². The Balaban J connectivity index is 0.000000171. The van der Waals surface area contributed by atoms with Crippen LogP contribution in [-0.4, -0.2) is 152 Å². The standard InChI is InChI=1S/C24H30N6O5S.C23H28N6O3/c1-16(18-13-23(31)25-14-18)35-24-21-6-7-26-30(21)15-19(27-24)17-4-5-20(22(12-17)34-2)28-8-10-29(11-9-28)36(3,32)33;1-15(17-12-22(30)25-13-17)32-23-20-5-6-26-29(20)14-18(27-23)16-3-4-19(21(11-16)31-2)28-9-7-24-8-10-28/h4-7,12,15-16,18H,8-11,13-14H2,1-3H3,(H,25,31);3-6,11,14-15,17,24H,7-10,12-13H2,1-2H3,(H,25,30)/t16-,18-;15-,17-/m11/s1. The van der Waals surface area contributed by atoms with Gasteiger partial charge in [0.15, 0.2) is 0 Å². The zero-order valence-corrected chi connectivity index (χ0v) is 39.7. The van der Waals surface area contributed by atoms with E-state index in [9.17, 15) is 18.0 Å². The lowest BCUT2D eigenvalue weighted by molar-refractivity contribution is -0.120. The van der Waals surface area contributed by atoms with Crippen molar-refractivity contribution in [2.75, 3.05) is 95.7 Å². The van der Waals surface area contributed by atoms with Crippen LogP contribution in [0.15, 0.2) is 73.3 Å². The SMILES string of the molecule is COc1cc(-c2cn3nccc3c(O[C@H](C)[C@H]3CNC(=O)C3)n2)ccc1N1CCN(S(C)(=O)=O)CC1.COc1cc(-c2cn3nccc3c(O[C@H](C)[C@H]3CNC(=O)C3)n2)ccc1N1CCNCC1. The molecule has 21 heteroatoms. The van der Waals surface area contributed by atoms with Crippen molar-refractivity contribution in [3.8, 4) is 45.8 Å². The first-order valence-electron chi connectivity index (χ1n) is 22.9. The predicted octanol–water partition coefficient (Wildman–Crippen LogP) is 3.11. The zero-order valence-electron chi connectivity index (χ0n) is 38.9. The molecule has 360 valence electrons. The average molecular weight is 951 g/mol. The van der Waals surface area contributed by atoms with E-state index in [2.05, 4.69) is 48.1 Å². The van der Waals surface area contributed by atoms with E-state index in [1.807, 2.05) is 62.6 Å². The fraction of sp³-hybridized carbons (Fsp3) is 0.447. The van der Waals surface area contributed by atoms with Crippen molar-refractivity contribution in [3.05, 3.63) is 73.3 Å². The number of nitrogens with zero attached hydrogens (tertiary/aromatic N) is 9. The Kier molecular flexibility index (Phi) is 13.6. The van der Waals surface area contributed by atoms with Gasteiger partial charge in [0.1, 0.15) is 34.7 Å². The first-order chi connectivity index (χ1) is 32.8. The van der Waals surface area contributed by atoms with Gasteiger partial charge in [0.2, 0.25) is 33.6 Å². The molecule has 4 aliphatic heterocycles. The van der Waals surface area contributed by atoms with Crippen molar-refractivity contribution in [3.63, 3.8) is 0 Å². The van der Waals surface area contributed by atoms with Crippen LogP contribution in [0.3, 0.4) is 0 Å². The van der Waals surface area contributed by atoms with Crippen LogP contribution in [0.25, 0.3) is 33.5 Å². The molecule has 4 aliphatic rings. The second-order valence-corrected chi connectivity index (χ2v) is 19.5. The van der Waals surface area contributed by atoms with E-state index >= 15 is 0 Å². The highest BCUT2D eigenvalue weighted by atomic mass is 32.2. The molecule has 4 atom stereocenters. The zero-order chi connectivity index (χ0) is 47.5. The molecule has 2 amide bonds. The summed E-state index contributed by atoms with van der Waals surface area (Å²) in [5.41, 5.74) is 6.69. The van der Waals surface area contributed by atoms with Crippen LogP contribution in [-0.2, 0) is 19.6 Å². The maximum atomic E-state index is 11.9. The minimum absolute atomic E-state index is 0.0385. The number of hydrogen-bond donors (Lipinski definition) is 3. The Morgan fingerprint density at radius 3 is 1.51 bits per heavy atom. The number of methoxy groups -OCH3 is 2. The molecule has 8 heterocycles. The molecule has 3 N–H and O–H groups in total. The van der Waals surface area contributed by atoms with Gasteiger partial charge >= 0.3 is 0 Å². The summed E-state index contributed by atoms with van der Waals surface area (Å²) >= 11 is 0. The molecular formula is C47H58N12O8S. The lowest BCUT2D eigenvalue weighted by Crippen LogP contribution is -2.48. The van der Waals surface area contributed by atoms with Gasteiger partial charge < -0.3 is 44.7 Å². The van der Waals surface area contributed by atoms with Crippen LogP contribution in [0.4, 0.5) is 11.4 Å². The summed E-state index contributed by atoms with van der Waals surface area (Å²) in [4.78, 5) is 37.3. The Hall–Kier alpha value is -6.71. The molecule has 4 fully saturated rings. The summed E-state index contributed by atoms with van der Waals surface area (Å²) in [7, 11) is 0.117. The molecule has 0 bridgehead atoms. The lowest BCUT2D eigenvalue weighted by Gasteiger charge is -2.35. The number of benzene rings is 2. The van der Waals surface area contributed by atoms with Crippen LogP contribution < -0.4 is 44.7 Å².